The molecule has 2 rings (SSSR count). The quantitative estimate of drug-likeness (QED) is 0.909. The Labute approximate surface area is 112 Å². The first-order valence-electron chi connectivity index (χ1n) is 5.04. The molecule has 1 heterocycles. The minimum atomic E-state index is -0.630. The van der Waals surface area contributed by atoms with E-state index in [1.165, 1.54) is 12.0 Å². The van der Waals surface area contributed by atoms with Crippen molar-refractivity contribution >= 4 is 39.1 Å². The van der Waals surface area contributed by atoms with Crippen molar-refractivity contribution in [3.05, 3.63) is 21.6 Å². The molecule has 1 saturated heterocycles. The van der Waals surface area contributed by atoms with Crippen molar-refractivity contribution < 1.29 is 14.6 Å². The fourth-order valence-electron chi connectivity index (χ4n) is 1.81. The summed E-state index contributed by atoms with van der Waals surface area (Å²) in [6.45, 7) is 0.271. The molecule has 1 amide bonds. The van der Waals surface area contributed by atoms with Gasteiger partial charge in [-0.25, -0.2) is 0 Å². The highest BCUT2D eigenvalue weighted by Crippen LogP contribution is 2.38. The van der Waals surface area contributed by atoms with Crippen molar-refractivity contribution in [2.45, 2.75) is 12.5 Å². The number of β-amino-alcohol motifs (C(OH)–C–C–N with tert-alkyl or cyclic N) is 1. The number of anilines is 1. The van der Waals surface area contributed by atoms with Gasteiger partial charge in [0.1, 0.15) is 5.75 Å². The van der Waals surface area contributed by atoms with Gasteiger partial charge in [0.25, 0.3) is 0 Å². The second-order valence-corrected chi connectivity index (χ2v) is 5.06. The van der Waals surface area contributed by atoms with E-state index in [9.17, 15) is 9.90 Å². The molecule has 6 heteroatoms. The molecule has 1 atom stereocenters. The van der Waals surface area contributed by atoms with E-state index in [4.69, 9.17) is 16.3 Å². The molecule has 1 aliphatic heterocycles. The van der Waals surface area contributed by atoms with Crippen molar-refractivity contribution in [3.63, 3.8) is 0 Å². The molecule has 92 valence electrons. The topological polar surface area (TPSA) is 49.8 Å². The lowest BCUT2D eigenvalue weighted by atomic mass is 10.2. The van der Waals surface area contributed by atoms with Crippen LogP contribution in [-0.4, -0.2) is 30.8 Å². The van der Waals surface area contributed by atoms with E-state index in [-0.39, 0.29) is 18.9 Å². The normalized spacial score (nSPS) is 19.9. The maximum Gasteiger partial charge on any atom is 0.229 e. The third kappa shape index (κ3) is 2.41. The molecular weight excluding hydrogens is 309 g/mol. The second kappa shape index (κ2) is 4.84. The maximum atomic E-state index is 11.7. The van der Waals surface area contributed by atoms with E-state index in [1.807, 2.05) is 0 Å². The lowest BCUT2D eigenvalue weighted by Crippen LogP contribution is -2.25. The number of aliphatic hydroxyl groups is 1. The van der Waals surface area contributed by atoms with Gasteiger partial charge in [-0.15, -0.1) is 0 Å². The largest absolute Gasteiger partial charge is 0.495 e. The Balaban J connectivity index is 2.44. The number of carbonyl (C=O) groups excluding carboxylic acids is 1. The van der Waals surface area contributed by atoms with Gasteiger partial charge in [-0.05, 0) is 28.1 Å². The van der Waals surface area contributed by atoms with Crippen molar-refractivity contribution in [2.24, 2.45) is 0 Å². The molecule has 0 radical (unpaired) electrons. The summed E-state index contributed by atoms with van der Waals surface area (Å²) in [7, 11) is 1.52. The number of hydrogen-bond acceptors (Lipinski definition) is 3. The van der Waals surface area contributed by atoms with Crippen molar-refractivity contribution in [1.29, 1.82) is 0 Å². The zero-order valence-electron chi connectivity index (χ0n) is 9.11. The number of halogens is 2. The van der Waals surface area contributed by atoms with Crippen molar-refractivity contribution in [2.75, 3.05) is 18.6 Å². The summed E-state index contributed by atoms with van der Waals surface area (Å²) >= 11 is 9.29. The zero-order chi connectivity index (χ0) is 12.6. The summed E-state index contributed by atoms with van der Waals surface area (Å²) < 4.78 is 5.91. The SMILES string of the molecule is COc1cc(Br)c(Cl)cc1N1CC(O)CC1=O. The summed E-state index contributed by atoms with van der Waals surface area (Å²) in [6.07, 6.45) is -0.494. The van der Waals surface area contributed by atoms with Gasteiger partial charge in [0, 0.05) is 4.47 Å². The van der Waals surface area contributed by atoms with Crippen LogP contribution in [-0.2, 0) is 4.79 Å². The molecule has 1 unspecified atom stereocenters. The van der Waals surface area contributed by atoms with Crippen LogP contribution < -0.4 is 9.64 Å². The monoisotopic (exact) mass is 319 g/mol. The summed E-state index contributed by atoms with van der Waals surface area (Å²) in [6, 6.07) is 3.36. The van der Waals surface area contributed by atoms with Crippen molar-refractivity contribution in [1.82, 2.24) is 0 Å². The lowest BCUT2D eigenvalue weighted by molar-refractivity contribution is -0.117. The second-order valence-electron chi connectivity index (χ2n) is 3.80. The van der Waals surface area contributed by atoms with Crippen molar-refractivity contribution in [3.8, 4) is 5.75 Å². The molecule has 1 aromatic rings. The fraction of sp³-hybridized carbons (Fsp3) is 0.364. The van der Waals surface area contributed by atoms with Crippen LogP contribution in [0.5, 0.6) is 5.75 Å². The van der Waals surface area contributed by atoms with Crippen LogP contribution in [0.25, 0.3) is 0 Å². The summed E-state index contributed by atoms with van der Waals surface area (Å²) in [5.41, 5.74) is 0.585. The minimum Gasteiger partial charge on any atom is -0.495 e. The molecule has 1 aliphatic rings. The highest BCUT2D eigenvalue weighted by molar-refractivity contribution is 9.10. The average Bonchev–Trinajstić information content (AvgIpc) is 2.61. The van der Waals surface area contributed by atoms with Crippen LogP contribution in [0, 0.1) is 0 Å². The number of rotatable bonds is 2. The van der Waals surface area contributed by atoms with Gasteiger partial charge in [-0.2, -0.15) is 0 Å². The Morgan fingerprint density at radius 1 is 1.59 bits per heavy atom. The van der Waals surface area contributed by atoms with Crippen LogP contribution in [0.1, 0.15) is 6.42 Å². The lowest BCUT2D eigenvalue weighted by Gasteiger charge is -2.19. The Hall–Kier alpha value is -0.780. The molecule has 1 N–H and O–H groups in total. The fourth-order valence-corrected chi connectivity index (χ4v) is 2.29. The standard InChI is InChI=1S/C11H11BrClNO3/c1-17-10-3-7(12)8(13)4-9(10)14-5-6(15)2-11(14)16/h3-4,6,15H,2,5H2,1H3. The molecule has 0 spiro atoms. The molecular formula is C11H11BrClNO3. The zero-order valence-corrected chi connectivity index (χ0v) is 11.5. The van der Waals surface area contributed by atoms with Crippen LogP contribution in [0.15, 0.2) is 16.6 Å². The van der Waals surface area contributed by atoms with Gasteiger partial charge < -0.3 is 14.7 Å². The molecule has 0 aromatic heterocycles. The van der Waals surface area contributed by atoms with E-state index >= 15 is 0 Å². The Kier molecular flexibility index (Phi) is 3.61. The molecule has 0 bridgehead atoms. The van der Waals surface area contributed by atoms with E-state index < -0.39 is 6.10 Å². The predicted molar refractivity (Wildman–Crippen MR) is 68.7 cm³/mol. The first kappa shape index (κ1) is 12.7. The summed E-state index contributed by atoms with van der Waals surface area (Å²) in [5, 5.41) is 9.97. The smallest absolute Gasteiger partial charge is 0.229 e. The van der Waals surface area contributed by atoms with Gasteiger partial charge in [-0.3, -0.25) is 4.79 Å². The Morgan fingerprint density at radius 3 is 2.82 bits per heavy atom. The summed E-state index contributed by atoms with van der Waals surface area (Å²) in [5.74, 6) is 0.415. The number of benzene rings is 1. The van der Waals surface area contributed by atoms with Gasteiger partial charge in [-0.1, -0.05) is 11.6 Å². The molecule has 1 aromatic carbocycles. The predicted octanol–water partition coefficient (Wildman–Crippen LogP) is 2.21. The Bertz CT molecular complexity index is 466. The number of ether oxygens (including phenoxy) is 1. The number of nitrogens with zero attached hydrogens (tertiary/aromatic N) is 1. The maximum absolute atomic E-state index is 11.7. The highest BCUT2D eigenvalue weighted by Gasteiger charge is 2.31. The molecule has 4 nitrogen and oxygen atoms in total. The number of hydrogen-bond donors (Lipinski definition) is 1. The van der Waals surface area contributed by atoms with Gasteiger partial charge >= 0.3 is 0 Å². The number of aliphatic hydroxyl groups excluding tert-OH is 1. The van der Waals surface area contributed by atoms with Crippen LogP contribution >= 0.6 is 27.5 Å². The highest BCUT2D eigenvalue weighted by atomic mass is 79.9. The van der Waals surface area contributed by atoms with E-state index in [0.29, 0.717) is 20.9 Å². The van der Waals surface area contributed by atoms with Gasteiger partial charge in [0.2, 0.25) is 5.91 Å². The van der Waals surface area contributed by atoms with Gasteiger partial charge in [0.15, 0.2) is 0 Å². The average molecular weight is 321 g/mol. The van der Waals surface area contributed by atoms with Crippen LogP contribution in [0.2, 0.25) is 5.02 Å². The number of amides is 1. The third-order valence-corrected chi connectivity index (χ3v) is 3.81. The minimum absolute atomic E-state index is 0.130. The van der Waals surface area contributed by atoms with E-state index in [1.54, 1.807) is 12.1 Å². The van der Waals surface area contributed by atoms with E-state index in [0.717, 1.165) is 0 Å². The summed E-state index contributed by atoms with van der Waals surface area (Å²) in [4.78, 5) is 13.2. The number of methoxy groups -OCH3 is 1. The first-order valence-corrected chi connectivity index (χ1v) is 6.21. The molecule has 0 saturated carbocycles. The Morgan fingerprint density at radius 2 is 2.29 bits per heavy atom. The van der Waals surface area contributed by atoms with Gasteiger partial charge in [0.05, 0.1) is 36.9 Å². The molecule has 0 aliphatic carbocycles. The third-order valence-electron chi connectivity index (χ3n) is 2.62. The number of carbonyl (C=O) groups is 1. The van der Waals surface area contributed by atoms with E-state index in [2.05, 4.69) is 15.9 Å². The van der Waals surface area contributed by atoms with Crippen LogP contribution in [0.3, 0.4) is 0 Å². The molecule has 1 fully saturated rings. The van der Waals surface area contributed by atoms with Crippen LogP contribution in [0.4, 0.5) is 5.69 Å². The first-order chi connectivity index (χ1) is 8.02. The molecule has 17 heavy (non-hydrogen) atoms.